The Hall–Kier alpha value is -3.91. The van der Waals surface area contributed by atoms with Gasteiger partial charge in [-0.25, -0.2) is 0 Å². The maximum Gasteiger partial charge on any atom is 0.343 e. The summed E-state index contributed by atoms with van der Waals surface area (Å²) in [6, 6.07) is 18.2. The molecule has 0 aliphatic heterocycles. The molecule has 0 fully saturated rings. The molecule has 1 aromatic heterocycles. The summed E-state index contributed by atoms with van der Waals surface area (Å²) < 4.78 is 10.6. The van der Waals surface area contributed by atoms with Gasteiger partial charge in [-0.05, 0) is 64.5 Å². The van der Waals surface area contributed by atoms with Crippen LogP contribution >= 0.6 is 11.6 Å². The lowest BCUT2D eigenvalue weighted by Gasteiger charge is -2.06. The smallest absolute Gasteiger partial charge is 0.343 e. The van der Waals surface area contributed by atoms with Crippen molar-refractivity contribution < 1.29 is 24.2 Å². The van der Waals surface area contributed by atoms with E-state index in [1.165, 1.54) is 24.0 Å². The second-order valence-electron chi connectivity index (χ2n) is 6.47. The number of carbonyl (C=O) groups is 1. The zero-order valence-electron chi connectivity index (χ0n) is 16.7. The minimum absolute atomic E-state index is 0.0916. The van der Waals surface area contributed by atoms with Gasteiger partial charge in [0.05, 0.1) is 35.2 Å². The highest BCUT2D eigenvalue weighted by molar-refractivity contribution is 6.30. The van der Waals surface area contributed by atoms with Crippen molar-refractivity contribution in [1.29, 1.82) is 0 Å². The molecule has 0 saturated carbocycles. The van der Waals surface area contributed by atoms with E-state index in [1.54, 1.807) is 61.7 Å². The molecule has 156 valence electrons. The first-order valence-corrected chi connectivity index (χ1v) is 9.60. The van der Waals surface area contributed by atoms with Crippen LogP contribution in [0.2, 0.25) is 5.02 Å². The number of halogens is 1. The van der Waals surface area contributed by atoms with Crippen LogP contribution in [0.3, 0.4) is 0 Å². The number of hydrogen-bond donors (Lipinski definition) is 1. The molecule has 0 aliphatic rings. The van der Waals surface area contributed by atoms with Gasteiger partial charge < -0.3 is 14.6 Å². The molecule has 0 radical (unpaired) electrons. The van der Waals surface area contributed by atoms with Gasteiger partial charge in [0, 0.05) is 5.02 Å². The van der Waals surface area contributed by atoms with Crippen LogP contribution in [0.4, 0.5) is 0 Å². The lowest BCUT2D eigenvalue weighted by molar-refractivity contribution is -0.732. The van der Waals surface area contributed by atoms with E-state index in [0.717, 1.165) is 4.80 Å². The van der Waals surface area contributed by atoms with Gasteiger partial charge >= 0.3 is 11.7 Å². The number of hydrogen-bond acceptors (Lipinski definition) is 6. The summed E-state index contributed by atoms with van der Waals surface area (Å²) in [4.78, 5) is 15.6. The van der Waals surface area contributed by atoms with E-state index in [4.69, 9.17) is 21.1 Å². The molecule has 1 N–H and O–H groups in total. The van der Waals surface area contributed by atoms with Crippen molar-refractivity contribution in [1.82, 2.24) is 15.0 Å². The molecule has 0 amide bonds. The van der Waals surface area contributed by atoms with Crippen molar-refractivity contribution in [2.45, 2.75) is 0 Å². The molecular weight excluding hydrogens is 420 g/mol. The Morgan fingerprint density at radius 2 is 1.71 bits per heavy atom. The molecule has 1 heterocycles. The van der Waals surface area contributed by atoms with E-state index in [2.05, 4.69) is 10.2 Å². The van der Waals surface area contributed by atoms with Gasteiger partial charge in [0.1, 0.15) is 5.75 Å². The SMILES string of the molecule is COc1ccc(-c2nn(C(=O)c3ccccc3O)[n+](-c3ccc(Cl)cc3)n2)cc1OC. The van der Waals surface area contributed by atoms with E-state index in [0.29, 0.717) is 27.8 Å². The quantitative estimate of drug-likeness (QED) is 0.482. The molecular formula is C22H18ClN4O4+. The summed E-state index contributed by atoms with van der Waals surface area (Å²) >= 11 is 6.00. The van der Waals surface area contributed by atoms with Crippen LogP contribution in [0, 0.1) is 0 Å². The first-order chi connectivity index (χ1) is 15.0. The van der Waals surface area contributed by atoms with Crippen molar-refractivity contribution in [3.63, 3.8) is 0 Å². The van der Waals surface area contributed by atoms with E-state index in [1.807, 2.05) is 0 Å². The number of carbonyl (C=O) groups excluding carboxylic acids is 1. The lowest BCUT2D eigenvalue weighted by Crippen LogP contribution is -2.47. The number of phenolic OH excluding ortho intramolecular Hbond substituents is 1. The van der Waals surface area contributed by atoms with Crippen molar-refractivity contribution in [3.05, 3.63) is 77.3 Å². The fraction of sp³-hybridized carbons (Fsp3) is 0.0909. The lowest BCUT2D eigenvalue weighted by atomic mass is 10.2. The largest absolute Gasteiger partial charge is 0.507 e. The Labute approximate surface area is 182 Å². The fourth-order valence-corrected chi connectivity index (χ4v) is 3.14. The Morgan fingerprint density at radius 1 is 1.00 bits per heavy atom. The molecule has 9 heteroatoms. The number of aromatic hydroxyl groups is 1. The Kier molecular flexibility index (Phi) is 5.55. The number of phenols is 1. The normalized spacial score (nSPS) is 10.7. The molecule has 0 atom stereocenters. The molecule has 0 bridgehead atoms. The van der Waals surface area contributed by atoms with Crippen LogP contribution in [0.5, 0.6) is 17.2 Å². The predicted molar refractivity (Wildman–Crippen MR) is 113 cm³/mol. The predicted octanol–water partition coefficient (Wildman–Crippen LogP) is 3.29. The summed E-state index contributed by atoms with van der Waals surface area (Å²) in [7, 11) is 3.08. The topological polar surface area (TPSA) is 90.4 Å². The van der Waals surface area contributed by atoms with Crippen molar-refractivity contribution >= 4 is 17.5 Å². The minimum Gasteiger partial charge on any atom is -0.507 e. The molecule has 4 rings (SSSR count). The monoisotopic (exact) mass is 437 g/mol. The maximum atomic E-state index is 13.2. The highest BCUT2D eigenvalue weighted by atomic mass is 35.5. The molecule has 8 nitrogen and oxygen atoms in total. The zero-order chi connectivity index (χ0) is 22.0. The second-order valence-corrected chi connectivity index (χ2v) is 6.91. The van der Waals surface area contributed by atoms with Gasteiger partial charge in [-0.3, -0.25) is 4.79 Å². The summed E-state index contributed by atoms with van der Waals surface area (Å²) in [5.41, 5.74) is 1.27. The van der Waals surface area contributed by atoms with Crippen molar-refractivity contribution in [3.8, 4) is 34.3 Å². The highest BCUT2D eigenvalue weighted by Crippen LogP contribution is 2.30. The molecule has 31 heavy (non-hydrogen) atoms. The first-order valence-electron chi connectivity index (χ1n) is 9.22. The first kappa shape index (κ1) is 20.4. The maximum absolute atomic E-state index is 13.2. The Bertz CT molecular complexity index is 1250. The number of aromatic nitrogens is 4. The highest BCUT2D eigenvalue weighted by Gasteiger charge is 2.29. The third kappa shape index (κ3) is 3.93. The molecule has 4 aromatic rings. The summed E-state index contributed by atoms with van der Waals surface area (Å²) in [6.07, 6.45) is 0. The van der Waals surface area contributed by atoms with Crippen LogP contribution in [-0.4, -0.2) is 40.2 Å². The Morgan fingerprint density at radius 3 is 2.39 bits per heavy atom. The number of methoxy groups -OCH3 is 2. The number of rotatable bonds is 5. The molecule has 0 aliphatic carbocycles. The number of tetrazole rings is 1. The van der Waals surface area contributed by atoms with Crippen LogP contribution < -0.4 is 14.3 Å². The number of benzene rings is 3. The summed E-state index contributed by atoms with van der Waals surface area (Å²) in [5, 5.41) is 19.6. The third-order valence-electron chi connectivity index (χ3n) is 4.57. The second kappa shape index (κ2) is 8.45. The summed E-state index contributed by atoms with van der Waals surface area (Å²) in [5.74, 6) is 0.633. The van der Waals surface area contributed by atoms with Gasteiger partial charge in [-0.15, -0.1) is 0 Å². The minimum atomic E-state index is -0.549. The van der Waals surface area contributed by atoms with Gasteiger partial charge in [0.2, 0.25) is 0 Å². The van der Waals surface area contributed by atoms with Crippen LogP contribution in [-0.2, 0) is 0 Å². The zero-order valence-corrected chi connectivity index (χ0v) is 17.4. The molecule has 0 unspecified atom stereocenters. The molecule has 3 aromatic carbocycles. The number of para-hydroxylation sites is 1. The van der Waals surface area contributed by atoms with Crippen LogP contribution in [0.15, 0.2) is 66.7 Å². The number of ether oxygens (including phenoxy) is 2. The van der Waals surface area contributed by atoms with Crippen LogP contribution in [0.25, 0.3) is 17.1 Å². The average molecular weight is 438 g/mol. The van der Waals surface area contributed by atoms with E-state index in [-0.39, 0.29) is 17.1 Å². The van der Waals surface area contributed by atoms with Crippen LogP contribution in [0.1, 0.15) is 10.4 Å². The van der Waals surface area contributed by atoms with Gasteiger partial charge in [-0.2, -0.15) is 0 Å². The van der Waals surface area contributed by atoms with Crippen molar-refractivity contribution in [2.75, 3.05) is 14.2 Å². The third-order valence-corrected chi connectivity index (χ3v) is 4.83. The fourth-order valence-electron chi connectivity index (χ4n) is 3.01. The van der Waals surface area contributed by atoms with Gasteiger partial charge in [-0.1, -0.05) is 23.7 Å². The number of nitrogens with zero attached hydrogens (tertiary/aromatic N) is 4. The summed E-state index contributed by atoms with van der Waals surface area (Å²) in [6.45, 7) is 0. The molecule has 0 saturated heterocycles. The van der Waals surface area contributed by atoms with E-state index in [9.17, 15) is 9.90 Å². The standard InChI is InChI=1S/C22H17ClN4O4/c1-30-19-12-7-14(13-20(19)31-2)21-24-26(16-10-8-15(23)9-11-16)27(25-21)22(29)17-5-3-4-6-18(17)28/h3-13H,1-2H3/p+1. The van der Waals surface area contributed by atoms with Gasteiger partial charge in [0.15, 0.2) is 17.2 Å². The van der Waals surface area contributed by atoms with E-state index < -0.39 is 5.91 Å². The Balaban J connectivity index is 1.88. The molecule has 0 spiro atoms. The average Bonchev–Trinajstić information content (AvgIpc) is 3.24. The van der Waals surface area contributed by atoms with Crippen molar-refractivity contribution in [2.24, 2.45) is 0 Å². The van der Waals surface area contributed by atoms with E-state index >= 15 is 0 Å². The van der Waals surface area contributed by atoms with Gasteiger partial charge in [0.25, 0.3) is 0 Å².